The predicted octanol–water partition coefficient (Wildman–Crippen LogP) is 14.6. The van der Waals surface area contributed by atoms with E-state index in [1.807, 2.05) is 44.2 Å². The zero-order chi connectivity index (χ0) is 77.1. The van der Waals surface area contributed by atoms with Crippen LogP contribution >= 0.6 is 0 Å². The smallest absolute Gasteiger partial charge is 0.327 e. The van der Waals surface area contributed by atoms with Gasteiger partial charge < -0.3 is 9.80 Å². The molecule has 0 spiro atoms. The maximum Gasteiger partial charge on any atom is 0.433 e. The summed E-state index contributed by atoms with van der Waals surface area (Å²) in [6.07, 6.45) is 12.5. The monoisotopic (exact) mass is 1480 g/mol. The Labute approximate surface area is 621 Å². The van der Waals surface area contributed by atoms with Crippen molar-refractivity contribution in [2.75, 3.05) is 0 Å². The number of halogens is 6. The Morgan fingerprint density at radius 2 is 0.935 bits per heavy atom. The SMILES string of the molecule is CC(=O)c1nn2c3c(cc(-c4cnc(C)nc4)cc13)C/C=C/CCC[C@@H](C)C(=O)CC[C@@]13C[C@@H](C(=O)Cc4nc(C(F)(F)F)ccc4C)N(C(=O)C2)[C@@H]1C3.CC(=O)c1nn2c3c(cc(-c4cnc(C)nc4)cc13)CCCCCC[C@@H](C)C(=O)CC[C@@]13C[C@@H](C(=O)Cc4nc(C(F)(F)F)ccc4C)N(C(=O)C2)[C@@H]1C3. The highest BCUT2D eigenvalue weighted by Gasteiger charge is 2.68. The Kier molecular flexibility index (Phi) is 21.4. The minimum Gasteiger partial charge on any atom is -0.327 e. The Morgan fingerprint density at radius 3 is 1.38 bits per heavy atom. The number of alkyl halides is 6. The molecule has 0 unspecified atom stereocenters. The van der Waals surface area contributed by atoms with Gasteiger partial charge in [-0.3, -0.25) is 47.7 Å². The van der Waals surface area contributed by atoms with Gasteiger partial charge in [-0.25, -0.2) is 29.9 Å². The van der Waals surface area contributed by atoms with Crippen LogP contribution in [0, 0.1) is 50.4 Å². The Balaban J connectivity index is 0.000000190. The largest absolute Gasteiger partial charge is 0.433 e. The van der Waals surface area contributed by atoms with Gasteiger partial charge in [0, 0.05) is 97.3 Å². The number of benzene rings is 2. The van der Waals surface area contributed by atoms with Gasteiger partial charge in [0.1, 0.15) is 59.1 Å². The second kappa shape index (κ2) is 30.3. The van der Waals surface area contributed by atoms with Crippen molar-refractivity contribution >= 4 is 68.3 Å². The van der Waals surface area contributed by atoms with Crippen molar-refractivity contribution in [2.24, 2.45) is 22.7 Å². The quantitative estimate of drug-likeness (QED) is 0.0700. The Bertz CT molecular complexity index is 4950. The number of rotatable bonds is 10. The predicted molar refractivity (Wildman–Crippen MR) is 389 cm³/mol. The average molecular weight is 1480 g/mol. The van der Waals surface area contributed by atoms with Gasteiger partial charge in [-0.2, -0.15) is 36.5 Å². The first-order chi connectivity index (χ1) is 51.3. The van der Waals surface area contributed by atoms with Crippen molar-refractivity contribution in [1.82, 2.24) is 59.3 Å². The number of hydrogen-bond acceptors (Lipinski definition) is 16. The molecule has 2 saturated heterocycles. The van der Waals surface area contributed by atoms with Gasteiger partial charge in [-0.1, -0.05) is 57.4 Å². The number of aryl methyl sites for hydroxylation is 5. The second-order valence-corrected chi connectivity index (χ2v) is 30.9. The van der Waals surface area contributed by atoms with E-state index in [9.17, 15) is 64.7 Å². The van der Waals surface area contributed by atoms with Crippen molar-refractivity contribution in [3.63, 3.8) is 0 Å². The van der Waals surface area contributed by atoms with Crippen LogP contribution in [0.25, 0.3) is 44.1 Å². The number of carbonyl (C=O) groups is 8. The minimum atomic E-state index is -4.68. The molecule has 10 heterocycles. The standard InChI is InChI=1S/C41H45F3N6O4.C41H43F3N6O4/c2*1-23-11-12-35(41(42,43)44)47-31(23)17-34(53)32-18-40-14-13-33(52)24(2)9-7-5-6-8-10-27-15-28(29-20-45-26(4)46-21-29)16-30-38(25(3)51)48-49(39(27)30)22-37(54)50(32)36(40)19-40/h11-12,15-16,20-21,24,32,36H,5-10,13-14,17-19,22H2,1-4H3;6,8,11-12,15-16,20-21,24,32,36H,5,7,9-10,13-14,17-19,22H2,1-4H3/b;8-6+/t2*24-,32+,36-,40+/m11/s1. The van der Waals surface area contributed by atoms with Crippen molar-refractivity contribution in [3.05, 3.63) is 154 Å². The van der Waals surface area contributed by atoms with Gasteiger partial charge in [0.2, 0.25) is 11.8 Å². The summed E-state index contributed by atoms with van der Waals surface area (Å²) in [6, 6.07) is 9.78. The van der Waals surface area contributed by atoms with Crippen LogP contribution in [0.15, 0.2) is 85.5 Å². The molecule has 2 aliphatic carbocycles. The number of pyridine rings is 2. The van der Waals surface area contributed by atoms with Crippen LogP contribution in [-0.4, -0.2) is 130 Å². The Hall–Kier alpha value is -9.88. The van der Waals surface area contributed by atoms with Gasteiger partial charge >= 0.3 is 12.4 Å². The highest BCUT2D eigenvalue weighted by molar-refractivity contribution is 6.08. The minimum absolute atomic E-state index is 0.0167. The molecular weight excluding hydrogens is 1390 g/mol. The summed E-state index contributed by atoms with van der Waals surface area (Å²) in [5.74, 6) is -0.748. The van der Waals surface area contributed by atoms with Gasteiger partial charge in [0.25, 0.3) is 0 Å². The number of aromatic nitrogens is 10. The molecule has 8 atom stereocenters. The molecule has 4 fully saturated rings. The lowest BCUT2D eigenvalue weighted by Crippen LogP contribution is -2.45. The van der Waals surface area contributed by atoms with E-state index in [1.54, 1.807) is 71.6 Å². The van der Waals surface area contributed by atoms with E-state index in [0.29, 0.717) is 109 Å². The third-order valence-electron chi connectivity index (χ3n) is 23.3. The molecule has 4 aliphatic heterocycles. The summed E-state index contributed by atoms with van der Waals surface area (Å²) in [7, 11) is 0. The Morgan fingerprint density at radius 1 is 0.509 bits per heavy atom. The number of piperidine rings is 2. The van der Waals surface area contributed by atoms with Gasteiger partial charge in [0.15, 0.2) is 23.1 Å². The highest BCUT2D eigenvalue weighted by atomic mass is 19.4. The maximum atomic E-state index is 14.6. The number of amides is 2. The van der Waals surface area contributed by atoms with Gasteiger partial charge in [-0.05, 0) is 192 Å². The molecule has 26 heteroatoms. The molecule has 14 rings (SSSR count). The van der Waals surface area contributed by atoms with E-state index in [0.717, 1.165) is 96.9 Å². The first-order valence-corrected chi connectivity index (χ1v) is 37.4. The molecular formula is C82H88F6N12O8. The van der Waals surface area contributed by atoms with E-state index in [1.165, 1.54) is 26.0 Å². The zero-order valence-electron chi connectivity index (χ0n) is 62.0. The maximum absolute atomic E-state index is 14.6. The molecule has 6 aromatic heterocycles. The summed E-state index contributed by atoms with van der Waals surface area (Å²) >= 11 is 0. The van der Waals surface area contributed by atoms with E-state index in [-0.39, 0.29) is 108 Å². The molecule has 8 aromatic rings. The third-order valence-corrected chi connectivity index (χ3v) is 23.3. The van der Waals surface area contributed by atoms with E-state index in [2.05, 4.69) is 41.1 Å². The lowest BCUT2D eigenvalue weighted by molar-refractivity contribution is -0.142. The van der Waals surface area contributed by atoms with E-state index < -0.39 is 58.2 Å². The first kappa shape index (κ1) is 76.3. The lowest BCUT2D eigenvalue weighted by Gasteiger charge is -2.27. The molecule has 0 N–H and O–H groups in total. The molecule has 2 aromatic carbocycles. The normalized spacial score (nSPS) is 24.1. The fourth-order valence-corrected chi connectivity index (χ4v) is 16.9. The van der Waals surface area contributed by atoms with Crippen molar-refractivity contribution in [2.45, 2.75) is 233 Å². The first-order valence-electron chi connectivity index (χ1n) is 37.4. The number of hydrogen-bond donors (Lipinski definition) is 0. The van der Waals surface area contributed by atoms with Crippen LogP contribution in [0.5, 0.6) is 0 Å². The summed E-state index contributed by atoms with van der Waals surface area (Å²) in [4.78, 5) is 138. The highest BCUT2D eigenvalue weighted by Crippen LogP contribution is 2.64. The van der Waals surface area contributed by atoms with E-state index >= 15 is 0 Å². The molecule has 108 heavy (non-hydrogen) atoms. The van der Waals surface area contributed by atoms with Crippen LogP contribution in [0.2, 0.25) is 0 Å². The fraction of sp³-hybridized carbons (Fsp3) is 0.488. The zero-order valence-corrected chi connectivity index (χ0v) is 62.0. The van der Waals surface area contributed by atoms with Crippen LogP contribution in [0.3, 0.4) is 0 Å². The summed E-state index contributed by atoms with van der Waals surface area (Å²) in [5.41, 5.74) is 4.56. The molecule has 566 valence electrons. The molecule has 6 aliphatic rings. The average Bonchev–Trinajstić information content (AvgIpc) is 1.54. The van der Waals surface area contributed by atoms with Gasteiger partial charge in [-0.15, -0.1) is 0 Å². The number of ketones is 6. The molecule has 2 amide bonds. The lowest BCUT2D eigenvalue weighted by atomic mass is 9.87. The van der Waals surface area contributed by atoms with Crippen LogP contribution < -0.4 is 0 Å². The summed E-state index contributed by atoms with van der Waals surface area (Å²) in [5, 5.41) is 10.6. The van der Waals surface area contributed by atoms with Gasteiger partial charge in [0.05, 0.1) is 47.3 Å². The van der Waals surface area contributed by atoms with Crippen molar-refractivity contribution in [1.29, 1.82) is 0 Å². The summed E-state index contributed by atoms with van der Waals surface area (Å²) in [6.45, 7) is 13.1. The fourth-order valence-electron chi connectivity index (χ4n) is 16.9. The second-order valence-electron chi connectivity index (χ2n) is 30.9. The van der Waals surface area contributed by atoms with Crippen molar-refractivity contribution in [3.8, 4) is 22.3 Å². The molecule has 4 bridgehead atoms. The molecule has 20 nitrogen and oxygen atoms in total. The third kappa shape index (κ3) is 15.9. The number of allylic oxidation sites excluding steroid dienone is 2. The number of carbonyl (C=O) groups excluding carboxylic acids is 8. The topological polar surface area (TPSA) is 256 Å². The number of nitrogens with zero attached hydrogens (tertiary/aromatic N) is 12. The number of Topliss-reactive ketones (excluding diaryl/α,β-unsaturated/α-hetero) is 6. The van der Waals surface area contributed by atoms with Crippen LogP contribution in [0.4, 0.5) is 26.3 Å². The van der Waals surface area contributed by atoms with Crippen LogP contribution in [-0.2, 0) is 79.9 Å². The molecule has 0 radical (unpaired) electrons. The molecule has 2 saturated carbocycles. The van der Waals surface area contributed by atoms with Crippen LogP contribution in [0.1, 0.15) is 208 Å². The summed E-state index contributed by atoms with van der Waals surface area (Å²) < 4.78 is 84.6. The van der Waals surface area contributed by atoms with E-state index in [4.69, 9.17) is 5.10 Å². The van der Waals surface area contributed by atoms with Crippen molar-refractivity contribution < 1.29 is 64.7 Å².